The van der Waals surface area contributed by atoms with Crippen LogP contribution in [0, 0.1) is 0 Å². The molecule has 7 aromatic rings. The molecule has 8 heteroatoms. The van der Waals surface area contributed by atoms with Crippen LogP contribution in [0.15, 0.2) is 122 Å². The van der Waals surface area contributed by atoms with Crippen LogP contribution in [0.4, 0.5) is 17.1 Å². The quantitative estimate of drug-likeness (QED) is 0.0411. The number of carbonyl (C=O) groups is 1. The SMILES string of the molecule is CCCCCCc1cc(-c2sc(-c3ccc4c[n+](CCC(=O)O)ccc4c3)cc2CCCCCC)sc1-c1ccc(N(c2ccc(OCCCC)cc2)c2ccc(OCCCC)cc2)cc1. The summed E-state index contributed by atoms with van der Waals surface area (Å²) < 4.78 is 14.1. The van der Waals surface area contributed by atoms with Gasteiger partial charge in [-0.15, -0.1) is 22.7 Å². The third-order valence-corrected chi connectivity index (χ3v) is 14.9. The monoisotopic (exact) mass is 921 g/mol. The lowest BCUT2D eigenvalue weighted by Gasteiger charge is -2.26. The molecule has 0 amide bonds. The first-order valence-electron chi connectivity index (χ1n) is 24.6. The number of aliphatic carboxylic acids is 1. The normalized spacial score (nSPS) is 11.3. The van der Waals surface area contributed by atoms with Crippen molar-refractivity contribution in [3.63, 3.8) is 0 Å². The summed E-state index contributed by atoms with van der Waals surface area (Å²) in [6.07, 6.45) is 20.4. The highest BCUT2D eigenvalue weighted by Crippen LogP contribution is 2.47. The Labute approximate surface area is 401 Å². The van der Waals surface area contributed by atoms with Gasteiger partial charge >= 0.3 is 5.97 Å². The molecule has 3 aromatic heterocycles. The average molecular weight is 922 g/mol. The number of pyridine rings is 1. The molecule has 346 valence electrons. The van der Waals surface area contributed by atoms with Crippen molar-refractivity contribution in [2.24, 2.45) is 0 Å². The van der Waals surface area contributed by atoms with Gasteiger partial charge in [-0.3, -0.25) is 4.79 Å². The van der Waals surface area contributed by atoms with Crippen LogP contribution >= 0.6 is 22.7 Å². The van der Waals surface area contributed by atoms with E-state index in [0.717, 1.165) is 91.1 Å². The standard InChI is InChI=1S/C58H68N2O4S2/c1-5-9-13-15-17-46-41-55(58-47(18-16-14-10-6-2)40-54(65-58)45-19-20-48-42-59(36-34-56(61)62)35-33-44(48)39-45)66-57(46)43-21-23-49(24-22-43)60(50-25-29-52(30-26-50)63-37-11-7-3)51-27-31-53(32-28-51)64-38-12-8-4/h19-33,35,39-42H,5-18,34,36-38H2,1-4H3/p+1. The zero-order valence-corrected chi connectivity index (χ0v) is 41.3. The lowest BCUT2D eigenvalue weighted by molar-refractivity contribution is -0.694. The lowest BCUT2D eigenvalue weighted by Crippen LogP contribution is -2.33. The molecule has 7 rings (SSSR count). The maximum atomic E-state index is 11.2. The van der Waals surface area contributed by atoms with E-state index >= 15 is 0 Å². The Hall–Kier alpha value is -5.44. The van der Waals surface area contributed by atoms with Crippen LogP contribution in [0.25, 0.3) is 41.4 Å². The maximum Gasteiger partial charge on any atom is 0.309 e. The number of fused-ring (bicyclic) bond motifs is 1. The number of rotatable bonds is 27. The van der Waals surface area contributed by atoms with Gasteiger partial charge in [0.25, 0.3) is 0 Å². The highest BCUT2D eigenvalue weighted by molar-refractivity contribution is 7.25. The molecule has 0 radical (unpaired) electrons. The van der Waals surface area contributed by atoms with Crippen molar-refractivity contribution in [2.45, 2.75) is 131 Å². The topological polar surface area (TPSA) is 62.9 Å². The number of benzene rings is 4. The van der Waals surface area contributed by atoms with E-state index in [1.165, 1.54) is 93.1 Å². The molecule has 6 nitrogen and oxygen atoms in total. The van der Waals surface area contributed by atoms with E-state index in [0.29, 0.717) is 6.54 Å². The van der Waals surface area contributed by atoms with Crippen molar-refractivity contribution in [3.05, 3.63) is 133 Å². The van der Waals surface area contributed by atoms with E-state index in [2.05, 4.69) is 148 Å². The summed E-state index contributed by atoms with van der Waals surface area (Å²) in [5.41, 5.74) is 8.63. The van der Waals surface area contributed by atoms with Crippen LogP contribution in [0.2, 0.25) is 0 Å². The van der Waals surface area contributed by atoms with Gasteiger partial charge in [0, 0.05) is 48.0 Å². The number of hydrogen-bond acceptors (Lipinski definition) is 6. The number of hydrogen-bond donors (Lipinski definition) is 1. The zero-order valence-electron chi connectivity index (χ0n) is 39.7. The molecule has 0 saturated carbocycles. The van der Waals surface area contributed by atoms with E-state index in [9.17, 15) is 9.90 Å². The minimum absolute atomic E-state index is 0.109. The van der Waals surface area contributed by atoms with Crippen LogP contribution in [0.3, 0.4) is 0 Å². The predicted molar refractivity (Wildman–Crippen MR) is 280 cm³/mol. The fraction of sp³-hybridized carbons (Fsp3) is 0.379. The first kappa shape index (κ1) is 48.5. The molecule has 1 N–H and O–H groups in total. The van der Waals surface area contributed by atoms with E-state index in [1.807, 2.05) is 33.4 Å². The van der Waals surface area contributed by atoms with E-state index in [1.54, 1.807) is 0 Å². The second-order valence-corrected chi connectivity index (χ2v) is 19.6. The van der Waals surface area contributed by atoms with Gasteiger partial charge in [0.1, 0.15) is 17.9 Å². The molecular formula is C58H69N2O4S2+. The van der Waals surface area contributed by atoms with Gasteiger partial charge in [0.15, 0.2) is 18.9 Å². The Morgan fingerprint density at radius 1 is 0.545 bits per heavy atom. The molecule has 0 saturated heterocycles. The predicted octanol–water partition coefficient (Wildman–Crippen LogP) is 16.8. The Bertz CT molecular complexity index is 2520. The number of thiophene rings is 2. The molecule has 66 heavy (non-hydrogen) atoms. The Morgan fingerprint density at radius 3 is 1.62 bits per heavy atom. The van der Waals surface area contributed by atoms with E-state index in [-0.39, 0.29) is 6.42 Å². The molecule has 0 atom stereocenters. The Morgan fingerprint density at radius 2 is 1.06 bits per heavy atom. The summed E-state index contributed by atoms with van der Waals surface area (Å²) in [4.78, 5) is 19.0. The van der Waals surface area contributed by atoms with Crippen LogP contribution in [0.1, 0.15) is 122 Å². The van der Waals surface area contributed by atoms with Gasteiger partial charge in [-0.05, 0) is 151 Å². The van der Waals surface area contributed by atoms with Gasteiger partial charge in [0.2, 0.25) is 0 Å². The lowest BCUT2D eigenvalue weighted by atomic mass is 10.0. The van der Waals surface area contributed by atoms with Crippen LogP contribution in [-0.4, -0.2) is 24.3 Å². The first-order valence-corrected chi connectivity index (χ1v) is 26.3. The minimum atomic E-state index is -0.782. The van der Waals surface area contributed by atoms with E-state index < -0.39 is 5.97 Å². The summed E-state index contributed by atoms with van der Waals surface area (Å²) in [6.45, 7) is 10.9. The summed E-state index contributed by atoms with van der Waals surface area (Å²) >= 11 is 3.89. The van der Waals surface area contributed by atoms with E-state index in [4.69, 9.17) is 9.47 Å². The fourth-order valence-corrected chi connectivity index (χ4v) is 11.0. The highest BCUT2D eigenvalue weighted by atomic mass is 32.1. The maximum absolute atomic E-state index is 11.2. The molecule has 0 fully saturated rings. The zero-order chi connectivity index (χ0) is 46.1. The molecule has 0 unspecified atom stereocenters. The Balaban J connectivity index is 1.22. The van der Waals surface area contributed by atoms with Gasteiger partial charge in [-0.2, -0.15) is 0 Å². The van der Waals surface area contributed by atoms with Crippen molar-refractivity contribution < 1.29 is 23.9 Å². The fourth-order valence-electron chi connectivity index (χ4n) is 8.43. The molecular weight excluding hydrogens is 853 g/mol. The number of ether oxygens (including phenoxy) is 2. The van der Waals surface area contributed by atoms with Crippen molar-refractivity contribution in [1.29, 1.82) is 0 Å². The van der Waals surface area contributed by atoms with Crippen LogP contribution < -0.4 is 18.9 Å². The second kappa shape index (κ2) is 24.9. The molecule has 3 heterocycles. The molecule has 0 bridgehead atoms. The van der Waals surface area contributed by atoms with Crippen molar-refractivity contribution in [2.75, 3.05) is 18.1 Å². The van der Waals surface area contributed by atoms with Crippen LogP contribution in [-0.2, 0) is 24.2 Å². The number of aromatic nitrogens is 1. The third-order valence-electron chi connectivity index (χ3n) is 12.3. The number of anilines is 3. The van der Waals surface area contributed by atoms with Gasteiger partial charge in [-0.1, -0.05) is 97.3 Å². The van der Waals surface area contributed by atoms with Crippen LogP contribution in [0.5, 0.6) is 11.5 Å². The molecule has 0 spiro atoms. The summed E-state index contributed by atoms with van der Waals surface area (Å²) in [5.74, 6) is 1.01. The van der Waals surface area contributed by atoms with Gasteiger partial charge in [0.05, 0.1) is 13.2 Å². The third kappa shape index (κ3) is 13.1. The summed E-state index contributed by atoms with van der Waals surface area (Å²) in [5, 5.41) is 11.5. The smallest absolute Gasteiger partial charge is 0.309 e. The summed E-state index contributed by atoms with van der Waals surface area (Å²) in [6, 6.07) is 40.0. The minimum Gasteiger partial charge on any atom is -0.494 e. The second-order valence-electron chi connectivity index (χ2n) is 17.5. The number of unbranched alkanes of at least 4 members (excludes halogenated alkanes) is 8. The molecule has 0 aliphatic heterocycles. The van der Waals surface area contributed by atoms with Gasteiger partial charge < -0.3 is 19.5 Å². The highest BCUT2D eigenvalue weighted by Gasteiger charge is 2.20. The number of carboxylic acids is 1. The van der Waals surface area contributed by atoms with Crippen molar-refractivity contribution >= 4 is 56.5 Å². The number of nitrogens with zero attached hydrogens (tertiary/aromatic N) is 2. The van der Waals surface area contributed by atoms with Gasteiger partial charge in [-0.25, -0.2) is 4.57 Å². The number of carboxylic acid groups (broad SMARTS) is 1. The van der Waals surface area contributed by atoms with Crippen molar-refractivity contribution in [3.8, 4) is 42.1 Å². The molecule has 0 aliphatic rings. The molecule has 4 aromatic carbocycles. The molecule has 0 aliphatic carbocycles. The Kier molecular flexibility index (Phi) is 18.3. The largest absolute Gasteiger partial charge is 0.494 e. The average Bonchev–Trinajstić information content (AvgIpc) is 3.97. The summed E-state index contributed by atoms with van der Waals surface area (Å²) in [7, 11) is 0. The first-order chi connectivity index (χ1) is 32.4. The number of aryl methyl sites for hydroxylation is 3. The van der Waals surface area contributed by atoms with Crippen molar-refractivity contribution in [1.82, 2.24) is 0 Å².